The van der Waals surface area contributed by atoms with Crippen molar-refractivity contribution in [1.29, 1.82) is 0 Å². The van der Waals surface area contributed by atoms with Crippen LogP contribution < -0.4 is 5.69 Å². The molecule has 5 nitrogen and oxygen atoms in total. The van der Waals surface area contributed by atoms with Crippen LogP contribution >= 0.6 is 11.3 Å². The van der Waals surface area contributed by atoms with Crippen LogP contribution in [0.5, 0.6) is 0 Å². The molecule has 4 rings (SSSR count). The maximum absolute atomic E-state index is 12.1. The summed E-state index contributed by atoms with van der Waals surface area (Å²) in [6, 6.07) is 0.434. The second-order valence-corrected chi connectivity index (χ2v) is 5.55. The maximum Gasteiger partial charge on any atom is 0.328 e. The molecule has 18 heavy (non-hydrogen) atoms. The van der Waals surface area contributed by atoms with E-state index in [4.69, 9.17) is 0 Å². The molecular formula is C12H12N4OS. The Labute approximate surface area is 107 Å². The number of aromatic nitrogens is 4. The third-order valence-electron chi connectivity index (χ3n) is 3.29. The SMILES string of the molecule is O=c1n(Cc2cn3ccsc3n2)ccn1C1CC1. The first-order valence-corrected chi connectivity index (χ1v) is 6.87. The highest BCUT2D eigenvalue weighted by atomic mass is 32.1. The van der Waals surface area contributed by atoms with Crippen LogP contribution in [0.4, 0.5) is 0 Å². The van der Waals surface area contributed by atoms with Crippen molar-refractivity contribution in [2.45, 2.75) is 25.4 Å². The summed E-state index contributed by atoms with van der Waals surface area (Å²) in [5.74, 6) is 0. The van der Waals surface area contributed by atoms with Crippen molar-refractivity contribution in [2.24, 2.45) is 0 Å². The van der Waals surface area contributed by atoms with Gasteiger partial charge in [-0.2, -0.15) is 0 Å². The highest BCUT2D eigenvalue weighted by Crippen LogP contribution is 2.33. The third kappa shape index (κ3) is 1.53. The van der Waals surface area contributed by atoms with Gasteiger partial charge in [0.25, 0.3) is 0 Å². The van der Waals surface area contributed by atoms with Crippen LogP contribution in [0.3, 0.4) is 0 Å². The van der Waals surface area contributed by atoms with Gasteiger partial charge >= 0.3 is 5.69 Å². The molecule has 0 aromatic carbocycles. The zero-order valence-electron chi connectivity index (χ0n) is 9.69. The Morgan fingerprint density at radius 3 is 3.00 bits per heavy atom. The first kappa shape index (κ1) is 10.1. The van der Waals surface area contributed by atoms with Crippen LogP contribution in [0.25, 0.3) is 4.96 Å². The van der Waals surface area contributed by atoms with Gasteiger partial charge < -0.3 is 0 Å². The normalized spacial score (nSPS) is 15.6. The maximum atomic E-state index is 12.1. The van der Waals surface area contributed by atoms with Crippen molar-refractivity contribution >= 4 is 16.3 Å². The van der Waals surface area contributed by atoms with Gasteiger partial charge in [-0.3, -0.25) is 13.5 Å². The van der Waals surface area contributed by atoms with Gasteiger partial charge in [0.15, 0.2) is 4.96 Å². The van der Waals surface area contributed by atoms with Gasteiger partial charge in [0.1, 0.15) is 0 Å². The number of hydrogen-bond acceptors (Lipinski definition) is 3. The predicted molar refractivity (Wildman–Crippen MR) is 69.1 cm³/mol. The molecule has 0 atom stereocenters. The van der Waals surface area contributed by atoms with Crippen LogP contribution in [0.2, 0.25) is 0 Å². The van der Waals surface area contributed by atoms with Gasteiger partial charge in [0.05, 0.1) is 12.2 Å². The van der Waals surface area contributed by atoms with Crippen LogP contribution in [-0.4, -0.2) is 18.5 Å². The van der Waals surface area contributed by atoms with Crippen molar-refractivity contribution < 1.29 is 0 Å². The number of hydrogen-bond donors (Lipinski definition) is 0. The van der Waals surface area contributed by atoms with E-state index in [0.717, 1.165) is 23.5 Å². The minimum Gasteiger partial charge on any atom is -0.297 e. The Balaban J connectivity index is 1.67. The van der Waals surface area contributed by atoms with Crippen LogP contribution in [-0.2, 0) is 6.54 Å². The molecule has 6 heteroatoms. The predicted octanol–water partition coefficient (Wildman–Crippen LogP) is 1.74. The van der Waals surface area contributed by atoms with E-state index in [9.17, 15) is 4.79 Å². The lowest BCUT2D eigenvalue weighted by Gasteiger charge is -1.98. The Bertz CT molecular complexity index is 730. The van der Waals surface area contributed by atoms with E-state index in [1.54, 1.807) is 15.9 Å². The fraction of sp³-hybridized carbons (Fsp3) is 0.333. The van der Waals surface area contributed by atoms with E-state index >= 15 is 0 Å². The second kappa shape index (κ2) is 3.58. The van der Waals surface area contributed by atoms with Crippen LogP contribution in [0.1, 0.15) is 24.6 Å². The minimum atomic E-state index is 0.0776. The highest BCUT2D eigenvalue weighted by Gasteiger charge is 2.25. The minimum absolute atomic E-state index is 0.0776. The summed E-state index contributed by atoms with van der Waals surface area (Å²) in [6.07, 6.45) is 9.96. The van der Waals surface area contributed by atoms with Gasteiger partial charge in [0.2, 0.25) is 0 Å². The van der Waals surface area contributed by atoms with E-state index in [0.29, 0.717) is 12.6 Å². The van der Waals surface area contributed by atoms with E-state index in [2.05, 4.69) is 4.98 Å². The average Bonchev–Trinajstić information content (AvgIpc) is 2.82. The number of nitrogens with zero attached hydrogens (tertiary/aromatic N) is 4. The van der Waals surface area contributed by atoms with Gasteiger partial charge in [-0.1, -0.05) is 0 Å². The molecule has 92 valence electrons. The second-order valence-electron chi connectivity index (χ2n) is 4.67. The fourth-order valence-corrected chi connectivity index (χ4v) is 2.92. The van der Waals surface area contributed by atoms with Gasteiger partial charge in [0, 0.05) is 36.2 Å². The highest BCUT2D eigenvalue weighted by molar-refractivity contribution is 7.15. The summed E-state index contributed by atoms with van der Waals surface area (Å²) in [5.41, 5.74) is 1.01. The topological polar surface area (TPSA) is 44.2 Å². The molecule has 1 saturated carbocycles. The van der Waals surface area contributed by atoms with E-state index in [1.165, 1.54) is 0 Å². The molecule has 0 unspecified atom stereocenters. The lowest BCUT2D eigenvalue weighted by molar-refractivity contribution is 0.652. The fourth-order valence-electron chi connectivity index (χ4n) is 2.21. The molecule has 3 aromatic heterocycles. The summed E-state index contributed by atoms with van der Waals surface area (Å²) >= 11 is 1.60. The monoisotopic (exact) mass is 260 g/mol. The molecule has 3 aromatic rings. The van der Waals surface area contributed by atoms with Crippen LogP contribution in [0.15, 0.2) is 35.0 Å². The molecular weight excluding hydrogens is 248 g/mol. The Morgan fingerprint density at radius 1 is 1.33 bits per heavy atom. The summed E-state index contributed by atoms with van der Waals surface area (Å²) in [7, 11) is 0. The summed E-state index contributed by atoms with van der Waals surface area (Å²) in [4.78, 5) is 17.6. The zero-order chi connectivity index (χ0) is 12.1. The molecule has 0 saturated heterocycles. The van der Waals surface area contributed by atoms with Crippen molar-refractivity contribution in [3.63, 3.8) is 0 Å². The smallest absolute Gasteiger partial charge is 0.297 e. The molecule has 0 N–H and O–H groups in total. The molecule has 0 amide bonds. The van der Waals surface area contributed by atoms with E-state index in [-0.39, 0.29) is 5.69 Å². The van der Waals surface area contributed by atoms with Gasteiger partial charge in [-0.25, -0.2) is 9.78 Å². The lowest BCUT2D eigenvalue weighted by atomic mass is 10.5. The van der Waals surface area contributed by atoms with Crippen molar-refractivity contribution in [1.82, 2.24) is 18.5 Å². The molecule has 1 fully saturated rings. The molecule has 1 aliphatic rings. The van der Waals surface area contributed by atoms with Crippen molar-refractivity contribution in [2.75, 3.05) is 0 Å². The first-order chi connectivity index (χ1) is 8.81. The summed E-state index contributed by atoms with van der Waals surface area (Å²) in [5, 5.41) is 2.00. The van der Waals surface area contributed by atoms with Gasteiger partial charge in [-0.05, 0) is 12.8 Å². The van der Waals surface area contributed by atoms with E-state index in [1.807, 2.05) is 39.1 Å². The van der Waals surface area contributed by atoms with E-state index < -0.39 is 0 Å². The van der Waals surface area contributed by atoms with Gasteiger partial charge in [-0.15, -0.1) is 11.3 Å². The Kier molecular flexibility index (Phi) is 2.02. The molecule has 1 aliphatic carbocycles. The molecule has 0 spiro atoms. The van der Waals surface area contributed by atoms with Crippen molar-refractivity contribution in [3.8, 4) is 0 Å². The third-order valence-corrected chi connectivity index (χ3v) is 4.06. The Morgan fingerprint density at radius 2 is 2.22 bits per heavy atom. The number of thiazole rings is 1. The molecule has 0 radical (unpaired) electrons. The standard InChI is InChI=1S/C12H12N4OS/c17-12-15(3-4-16(12)10-1-2-10)8-9-7-14-5-6-18-11(14)13-9/h3-7,10H,1-2,8H2. The van der Waals surface area contributed by atoms with Crippen LogP contribution in [0, 0.1) is 0 Å². The number of fused-ring (bicyclic) bond motifs is 1. The number of imidazole rings is 2. The quantitative estimate of drug-likeness (QED) is 0.720. The van der Waals surface area contributed by atoms with Crippen molar-refractivity contribution in [3.05, 3.63) is 46.3 Å². The largest absolute Gasteiger partial charge is 0.328 e. The molecule has 0 aliphatic heterocycles. The Hall–Kier alpha value is -1.82. The average molecular weight is 260 g/mol. The first-order valence-electron chi connectivity index (χ1n) is 5.99. The summed E-state index contributed by atoms with van der Waals surface area (Å²) in [6.45, 7) is 0.549. The number of rotatable bonds is 3. The lowest BCUT2D eigenvalue weighted by Crippen LogP contribution is -2.23. The molecule has 3 heterocycles. The molecule has 0 bridgehead atoms. The summed E-state index contributed by atoms with van der Waals surface area (Å²) < 4.78 is 5.55. The zero-order valence-corrected chi connectivity index (χ0v) is 10.5.